The van der Waals surface area contributed by atoms with Gasteiger partial charge in [0.05, 0.1) is 36.2 Å². The number of ether oxygens (including phenoxy) is 1. The lowest BCUT2D eigenvalue weighted by atomic mass is 9.67. The van der Waals surface area contributed by atoms with E-state index >= 15 is 0 Å². The molecule has 0 aromatic rings. The fourth-order valence-electron chi connectivity index (χ4n) is 2.80. The van der Waals surface area contributed by atoms with Gasteiger partial charge in [0, 0.05) is 23.3 Å². The summed E-state index contributed by atoms with van der Waals surface area (Å²) < 4.78 is 38.0. The summed E-state index contributed by atoms with van der Waals surface area (Å²) in [5.41, 5.74) is 10.0. The van der Waals surface area contributed by atoms with E-state index in [0.29, 0.717) is 24.0 Å². The maximum atomic E-state index is 12.7. The van der Waals surface area contributed by atoms with Gasteiger partial charge in [-0.25, -0.2) is 8.42 Å². The van der Waals surface area contributed by atoms with Crippen molar-refractivity contribution in [1.82, 2.24) is 0 Å². The molecule has 0 spiro atoms. The molecule has 0 aromatic heterocycles. The van der Waals surface area contributed by atoms with Gasteiger partial charge >= 0.3 is 5.97 Å². The zero-order valence-corrected chi connectivity index (χ0v) is 18.1. The lowest BCUT2D eigenvalue weighted by Crippen LogP contribution is -2.58. The topological polar surface area (TPSA) is 136 Å². The number of carbonyl (C=O) groups excluding carboxylic acids is 1. The molecule has 8 nitrogen and oxygen atoms in total. The fraction of sp³-hybridized carbons (Fsp3) is 0.941. The summed E-state index contributed by atoms with van der Waals surface area (Å²) in [6.45, 7) is 10.2. The summed E-state index contributed by atoms with van der Waals surface area (Å²) in [4.78, 5) is 12.7. The average molecular weight is 396 g/mol. The van der Waals surface area contributed by atoms with E-state index in [2.05, 4.69) is 0 Å². The smallest absolute Gasteiger partial charge is 0.313 e. The Labute approximate surface area is 158 Å². The van der Waals surface area contributed by atoms with Crippen LogP contribution in [0.25, 0.3) is 0 Å². The van der Waals surface area contributed by atoms with Crippen LogP contribution in [0, 0.1) is 5.41 Å². The van der Waals surface area contributed by atoms with Crippen molar-refractivity contribution in [3.63, 3.8) is 0 Å². The molecule has 1 unspecified atom stereocenters. The maximum Gasteiger partial charge on any atom is 0.313 e. The molecule has 1 atom stereocenters. The van der Waals surface area contributed by atoms with Crippen molar-refractivity contribution in [3.05, 3.63) is 0 Å². The molecule has 0 bridgehead atoms. The molecule has 0 saturated carbocycles. The Balaban J connectivity index is 4.78. The van der Waals surface area contributed by atoms with Crippen LogP contribution in [0.4, 0.5) is 0 Å². The highest BCUT2D eigenvalue weighted by atomic mass is 32.2. The van der Waals surface area contributed by atoms with Crippen molar-refractivity contribution in [2.24, 2.45) is 16.9 Å². The molecular formula is C17H37N3O5S. The summed E-state index contributed by atoms with van der Waals surface area (Å²) in [5, 5.41) is 0. The van der Waals surface area contributed by atoms with Crippen LogP contribution < -0.4 is 11.5 Å². The van der Waals surface area contributed by atoms with E-state index in [-0.39, 0.29) is 18.8 Å². The maximum absolute atomic E-state index is 12.7. The van der Waals surface area contributed by atoms with Crippen molar-refractivity contribution in [2.45, 2.75) is 58.5 Å². The predicted molar refractivity (Wildman–Crippen MR) is 101 cm³/mol. The largest absolute Gasteiger partial charge is 0.748 e. The van der Waals surface area contributed by atoms with Crippen LogP contribution in [-0.4, -0.2) is 74.0 Å². The SMILES string of the molecule is CC(C)(N)CC(C)(C(=O)OCC[N+](C)(C)CCCS(=O)(=O)[O-])C(C)(C)N. The standard InChI is InChI=1S/C17H37N3O5S/c1-15(2,18)13-17(5,16(3,4)19)14(21)25-11-10-20(6,7)9-8-12-26(22,23)24/h8-13,18-19H2,1-7H3. The second-order valence-electron chi connectivity index (χ2n) is 9.35. The third-order valence-electron chi connectivity index (χ3n) is 4.77. The van der Waals surface area contributed by atoms with Crippen LogP contribution >= 0.6 is 0 Å². The number of hydrogen-bond acceptors (Lipinski definition) is 7. The van der Waals surface area contributed by atoms with E-state index in [1.165, 1.54) is 0 Å². The van der Waals surface area contributed by atoms with Crippen molar-refractivity contribution < 1.29 is 27.0 Å². The number of likely N-dealkylation sites (N-methyl/N-ethyl adjacent to an activating group) is 1. The van der Waals surface area contributed by atoms with Gasteiger partial charge in [-0.05, 0) is 41.0 Å². The molecule has 0 aliphatic heterocycles. The molecule has 0 aliphatic carbocycles. The third kappa shape index (κ3) is 9.27. The number of rotatable bonds is 11. The van der Waals surface area contributed by atoms with Crippen LogP contribution in [0.15, 0.2) is 0 Å². The second-order valence-corrected chi connectivity index (χ2v) is 10.9. The molecule has 0 radical (unpaired) electrons. The van der Waals surface area contributed by atoms with Gasteiger partial charge < -0.3 is 25.2 Å². The highest BCUT2D eigenvalue weighted by molar-refractivity contribution is 7.85. The van der Waals surface area contributed by atoms with Crippen molar-refractivity contribution >= 4 is 16.1 Å². The lowest BCUT2D eigenvalue weighted by Gasteiger charge is -2.43. The molecule has 26 heavy (non-hydrogen) atoms. The van der Waals surface area contributed by atoms with E-state index in [4.69, 9.17) is 16.2 Å². The Morgan fingerprint density at radius 2 is 1.58 bits per heavy atom. The van der Waals surface area contributed by atoms with Gasteiger partial charge in [0.1, 0.15) is 13.2 Å². The summed E-state index contributed by atoms with van der Waals surface area (Å²) in [6, 6.07) is 0. The van der Waals surface area contributed by atoms with Gasteiger partial charge in [-0.1, -0.05) is 0 Å². The quantitative estimate of drug-likeness (QED) is 0.294. The Bertz CT molecular complexity index is 576. The lowest BCUT2D eigenvalue weighted by molar-refractivity contribution is -0.890. The summed E-state index contributed by atoms with van der Waals surface area (Å²) in [6.07, 6.45) is 0.642. The Morgan fingerprint density at radius 3 is 1.96 bits per heavy atom. The third-order valence-corrected chi connectivity index (χ3v) is 5.56. The second kappa shape index (κ2) is 8.52. The van der Waals surface area contributed by atoms with Gasteiger partial charge in [0.25, 0.3) is 0 Å². The first kappa shape index (κ1) is 25.3. The Kier molecular flexibility index (Phi) is 8.27. The summed E-state index contributed by atoms with van der Waals surface area (Å²) in [7, 11) is -0.426. The molecule has 156 valence electrons. The highest BCUT2D eigenvalue weighted by Crippen LogP contribution is 2.37. The minimum atomic E-state index is -4.20. The Morgan fingerprint density at radius 1 is 1.08 bits per heavy atom. The first-order valence-electron chi connectivity index (χ1n) is 8.80. The molecular weight excluding hydrogens is 358 g/mol. The van der Waals surface area contributed by atoms with Crippen molar-refractivity contribution in [2.75, 3.05) is 39.5 Å². The number of hydrogen-bond donors (Lipinski definition) is 2. The van der Waals surface area contributed by atoms with Crippen LogP contribution in [0.2, 0.25) is 0 Å². The van der Waals surface area contributed by atoms with Gasteiger partial charge in [0.15, 0.2) is 0 Å². The monoisotopic (exact) mass is 395 g/mol. The fourth-order valence-corrected chi connectivity index (χ4v) is 3.28. The normalized spacial score (nSPS) is 16.2. The minimum Gasteiger partial charge on any atom is -0.748 e. The molecule has 0 aromatic carbocycles. The van der Waals surface area contributed by atoms with E-state index < -0.39 is 32.6 Å². The van der Waals surface area contributed by atoms with Crippen molar-refractivity contribution in [3.8, 4) is 0 Å². The zero-order valence-electron chi connectivity index (χ0n) is 17.3. The van der Waals surface area contributed by atoms with E-state index in [0.717, 1.165) is 0 Å². The van der Waals surface area contributed by atoms with Gasteiger partial charge in [-0.3, -0.25) is 4.79 Å². The molecule has 0 rings (SSSR count). The number of esters is 1. The Hall–Kier alpha value is -0.740. The van der Waals surface area contributed by atoms with E-state index in [1.54, 1.807) is 20.8 Å². The predicted octanol–water partition coefficient (Wildman–Crippen LogP) is 0.412. The zero-order chi connectivity index (χ0) is 21.0. The van der Waals surface area contributed by atoms with Crippen molar-refractivity contribution in [1.29, 1.82) is 0 Å². The van der Waals surface area contributed by atoms with Gasteiger partial charge in [-0.2, -0.15) is 0 Å². The number of carbonyl (C=O) groups is 1. The average Bonchev–Trinajstić information content (AvgIpc) is 2.32. The van der Waals surface area contributed by atoms with Gasteiger partial charge in [-0.15, -0.1) is 0 Å². The first-order chi connectivity index (χ1) is 11.3. The molecule has 0 amide bonds. The molecule has 4 N–H and O–H groups in total. The summed E-state index contributed by atoms with van der Waals surface area (Å²) >= 11 is 0. The molecule has 0 aliphatic rings. The first-order valence-corrected chi connectivity index (χ1v) is 10.4. The van der Waals surface area contributed by atoms with Crippen LogP contribution in [0.3, 0.4) is 0 Å². The molecule has 0 saturated heterocycles. The summed E-state index contributed by atoms with van der Waals surface area (Å²) in [5.74, 6) is -0.787. The molecule has 9 heteroatoms. The molecule has 0 fully saturated rings. The van der Waals surface area contributed by atoms with E-state index in [1.807, 2.05) is 27.9 Å². The van der Waals surface area contributed by atoms with E-state index in [9.17, 15) is 17.8 Å². The minimum absolute atomic E-state index is 0.173. The number of nitrogens with zero attached hydrogens (tertiary/aromatic N) is 1. The van der Waals surface area contributed by atoms with Gasteiger partial charge in [0.2, 0.25) is 0 Å². The van der Waals surface area contributed by atoms with Crippen LogP contribution in [-0.2, 0) is 19.6 Å². The number of nitrogens with two attached hydrogens (primary N) is 2. The van der Waals surface area contributed by atoms with Crippen LogP contribution in [0.1, 0.15) is 47.5 Å². The molecule has 0 heterocycles. The number of quaternary nitrogens is 1. The van der Waals surface area contributed by atoms with Crippen LogP contribution in [0.5, 0.6) is 0 Å². The highest BCUT2D eigenvalue weighted by Gasteiger charge is 2.48.